The summed E-state index contributed by atoms with van der Waals surface area (Å²) in [6, 6.07) is 14.3. The maximum absolute atomic E-state index is 13.4. The SMILES string of the molecule is CC1(C)c2c(n(Cc3ccc(F)cc3)c3ccccc23)Cn2c1c(O)n(CCC(=O)O)c2=O. The molecule has 2 aromatic heterocycles. The molecule has 1 aliphatic heterocycles. The van der Waals surface area contributed by atoms with E-state index in [0.29, 0.717) is 12.2 Å². The molecular weight excluding hydrogens is 425 g/mol. The number of carboxylic acid groups (broad SMARTS) is 1. The van der Waals surface area contributed by atoms with E-state index in [0.717, 1.165) is 32.3 Å². The first-order valence-corrected chi connectivity index (χ1v) is 10.8. The number of halogens is 1. The van der Waals surface area contributed by atoms with E-state index in [1.165, 1.54) is 12.1 Å². The molecule has 0 bridgehead atoms. The molecule has 170 valence electrons. The van der Waals surface area contributed by atoms with Gasteiger partial charge in [-0.1, -0.05) is 30.3 Å². The van der Waals surface area contributed by atoms with Crippen molar-refractivity contribution in [2.45, 2.75) is 45.3 Å². The van der Waals surface area contributed by atoms with Crippen molar-refractivity contribution >= 4 is 16.9 Å². The molecule has 8 heteroatoms. The Morgan fingerprint density at radius 2 is 1.79 bits per heavy atom. The minimum atomic E-state index is -1.04. The first kappa shape index (κ1) is 21.1. The van der Waals surface area contributed by atoms with E-state index in [9.17, 15) is 19.1 Å². The molecule has 0 saturated carbocycles. The molecule has 0 radical (unpaired) electrons. The van der Waals surface area contributed by atoms with Crippen LogP contribution in [0.3, 0.4) is 0 Å². The Kier molecular flexibility index (Phi) is 4.70. The molecule has 3 heterocycles. The van der Waals surface area contributed by atoms with Crippen LogP contribution in [0, 0.1) is 5.82 Å². The van der Waals surface area contributed by atoms with Gasteiger partial charge in [-0.2, -0.15) is 0 Å². The number of benzene rings is 2. The lowest BCUT2D eigenvalue weighted by Crippen LogP contribution is -2.35. The summed E-state index contributed by atoms with van der Waals surface area (Å²) < 4.78 is 18.3. The van der Waals surface area contributed by atoms with Gasteiger partial charge in [-0.25, -0.2) is 9.18 Å². The van der Waals surface area contributed by atoms with Crippen molar-refractivity contribution in [1.29, 1.82) is 0 Å². The molecule has 1 aliphatic rings. The zero-order chi connectivity index (χ0) is 23.5. The van der Waals surface area contributed by atoms with Crippen LogP contribution in [-0.4, -0.2) is 29.9 Å². The number of carboxylic acids is 1. The predicted molar refractivity (Wildman–Crippen MR) is 121 cm³/mol. The molecule has 33 heavy (non-hydrogen) atoms. The largest absolute Gasteiger partial charge is 0.493 e. The standard InChI is InChI=1S/C25H24FN3O4/c1-25(2)21-17-5-3-4-6-18(17)28(13-15-7-9-16(26)10-8-15)19(21)14-29-22(25)23(32)27(24(29)33)12-11-20(30)31/h3-10,32H,11-14H2,1-2H3,(H,30,31). The van der Waals surface area contributed by atoms with Crippen LogP contribution in [0.25, 0.3) is 10.9 Å². The molecule has 0 fully saturated rings. The van der Waals surface area contributed by atoms with Crippen LogP contribution < -0.4 is 5.69 Å². The lowest BCUT2D eigenvalue weighted by molar-refractivity contribution is -0.137. The van der Waals surface area contributed by atoms with Crippen molar-refractivity contribution in [2.75, 3.05) is 0 Å². The quantitative estimate of drug-likeness (QED) is 0.487. The van der Waals surface area contributed by atoms with Crippen LogP contribution in [0.15, 0.2) is 53.3 Å². The molecule has 2 aromatic carbocycles. The molecule has 7 nitrogen and oxygen atoms in total. The number of fused-ring (bicyclic) bond motifs is 4. The first-order valence-electron chi connectivity index (χ1n) is 10.8. The number of nitrogens with zero attached hydrogens (tertiary/aromatic N) is 3. The van der Waals surface area contributed by atoms with E-state index in [4.69, 9.17) is 5.11 Å². The van der Waals surface area contributed by atoms with Crippen molar-refractivity contribution < 1.29 is 19.4 Å². The molecule has 4 aromatic rings. The Hall–Kier alpha value is -3.81. The topological polar surface area (TPSA) is 89.4 Å². The fraction of sp³-hybridized carbons (Fsp3) is 0.280. The fourth-order valence-electron chi connectivity index (χ4n) is 5.19. The van der Waals surface area contributed by atoms with Gasteiger partial charge in [0.1, 0.15) is 5.82 Å². The third-order valence-corrected chi connectivity index (χ3v) is 6.61. The third kappa shape index (κ3) is 3.16. The monoisotopic (exact) mass is 449 g/mol. The lowest BCUT2D eigenvalue weighted by atomic mass is 9.77. The summed E-state index contributed by atoms with van der Waals surface area (Å²) in [5.74, 6) is -1.52. The lowest BCUT2D eigenvalue weighted by Gasteiger charge is -2.32. The number of aromatic nitrogens is 3. The van der Waals surface area contributed by atoms with Crippen LogP contribution in [0.1, 0.15) is 42.8 Å². The molecule has 5 rings (SSSR count). The summed E-state index contributed by atoms with van der Waals surface area (Å²) in [5, 5.41) is 21.1. The first-order chi connectivity index (χ1) is 15.7. The molecular formula is C25H24FN3O4. The van der Waals surface area contributed by atoms with Gasteiger partial charge in [0.2, 0.25) is 5.88 Å². The van der Waals surface area contributed by atoms with Crippen molar-refractivity contribution in [1.82, 2.24) is 13.7 Å². The summed E-state index contributed by atoms with van der Waals surface area (Å²) in [7, 11) is 0. The number of hydrogen-bond donors (Lipinski definition) is 2. The highest BCUT2D eigenvalue weighted by Gasteiger charge is 2.42. The van der Waals surface area contributed by atoms with Crippen LogP contribution in [0.2, 0.25) is 0 Å². The minimum absolute atomic E-state index is 0.101. The van der Waals surface area contributed by atoms with Gasteiger partial charge in [-0.15, -0.1) is 0 Å². The van der Waals surface area contributed by atoms with Gasteiger partial charge >= 0.3 is 11.7 Å². The van der Waals surface area contributed by atoms with Crippen LogP contribution in [0.4, 0.5) is 4.39 Å². The average molecular weight is 449 g/mol. The maximum atomic E-state index is 13.4. The number of imidazole rings is 1. The normalized spacial score (nSPS) is 14.3. The molecule has 0 amide bonds. The summed E-state index contributed by atoms with van der Waals surface area (Å²) in [6.07, 6.45) is -0.260. The smallest absolute Gasteiger partial charge is 0.331 e. The summed E-state index contributed by atoms with van der Waals surface area (Å²) in [4.78, 5) is 24.2. The van der Waals surface area contributed by atoms with Crippen molar-refractivity contribution in [2.24, 2.45) is 0 Å². The molecule has 0 saturated heterocycles. The number of rotatable bonds is 5. The highest BCUT2D eigenvalue weighted by Crippen LogP contribution is 2.46. The van der Waals surface area contributed by atoms with E-state index in [-0.39, 0.29) is 31.2 Å². The third-order valence-electron chi connectivity index (χ3n) is 6.61. The molecule has 0 aliphatic carbocycles. The van der Waals surface area contributed by atoms with E-state index in [1.807, 2.05) is 38.1 Å². The predicted octanol–water partition coefficient (Wildman–Crippen LogP) is 3.66. The van der Waals surface area contributed by atoms with Gasteiger partial charge in [0, 0.05) is 35.1 Å². The van der Waals surface area contributed by atoms with Crippen LogP contribution in [-0.2, 0) is 29.8 Å². The molecule has 2 N–H and O–H groups in total. The second kappa shape index (κ2) is 7.37. The maximum Gasteiger partial charge on any atom is 0.331 e. The Morgan fingerprint density at radius 3 is 2.48 bits per heavy atom. The van der Waals surface area contributed by atoms with Gasteiger partial charge in [-0.3, -0.25) is 13.9 Å². The summed E-state index contributed by atoms with van der Waals surface area (Å²) in [5.41, 5.74) is 3.23. The van der Waals surface area contributed by atoms with Gasteiger partial charge in [0.25, 0.3) is 0 Å². The van der Waals surface area contributed by atoms with Crippen molar-refractivity contribution in [3.63, 3.8) is 0 Å². The second-order valence-corrected chi connectivity index (χ2v) is 9.01. The van der Waals surface area contributed by atoms with E-state index >= 15 is 0 Å². The molecule has 0 spiro atoms. The summed E-state index contributed by atoms with van der Waals surface area (Å²) >= 11 is 0. The van der Waals surface area contributed by atoms with Crippen molar-refractivity contribution in [3.05, 3.63) is 87.3 Å². The minimum Gasteiger partial charge on any atom is -0.493 e. The van der Waals surface area contributed by atoms with Gasteiger partial charge in [0.05, 0.1) is 18.7 Å². The van der Waals surface area contributed by atoms with E-state index in [2.05, 4.69) is 4.57 Å². The second-order valence-electron chi connectivity index (χ2n) is 9.01. The number of carbonyl (C=O) groups is 1. The van der Waals surface area contributed by atoms with Gasteiger partial charge in [0.15, 0.2) is 0 Å². The van der Waals surface area contributed by atoms with E-state index < -0.39 is 17.1 Å². The Labute approximate surface area is 188 Å². The summed E-state index contributed by atoms with van der Waals surface area (Å²) in [6.45, 7) is 4.58. The number of hydrogen-bond acceptors (Lipinski definition) is 3. The zero-order valence-corrected chi connectivity index (χ0v) is 18.4. The van der Waals surface area contributed by atoms with Gasteiger partial charge in [-0.05, 0) is 43.2 Å². The number of aliphatic carboxylic acids is 1. The fourth-order valence-corrected chi connectivity index (χ4v) is 5.19. The number of para-hydroxylation sites is 1. The average Bonchev–Trinajstić information content (AvgIpc) is 3.21. The molecule has 0 atom stereocenters. The van der Waals surface area contributed by atoms with Crippen molar-refractivity contribution in [3.8, 4) is 5.88 Å². The zero-order valence-electron chi connectivity index (χ0n) is 18.4. The Balaban J connectivity index is 1.71. The van der Waals surface area contributed by atoms with Crippen LogP contribution in [0.5, 0.6) is 5.88 Å². The van der Waals surface area contributed by atoms with E-state index in [1.54, 1.807) is 16.7 Å². The highest BCUT2D eigenvalue weighted by molar-refractivity contribution is 5.88. The van der Waals surface area contributed by atoms with Gasteiger partial charge < -0.3 is 14.8 Å². The molecule has 0 unspecified atom stereocenters. The van der Waals surface area contributed by atoms with Crippen LogP contribution >= 0.6 is 0 Å². The highest BCUT2D eigenvalue weighted by atomic mass is 19.1. The Bertz CT molecular complexity index is 1460. The number of aromatic hydroxyl groups is 1. The Morgan fingerprint density at radius 1 is 1.09 bits per heavy atom.